The van der Waals surface area contributed by atoms with Crippen LogP contribution in [0.5, 0.6) is 17.2 Å². The van der Waals surface area contributed by atoms with Crippen molar-refractivity contribution < 1.29 is 28.5 Å². The number of aryl methyl sites for hydroxylation is 1. The van der Waals surface area contributed by atoms with Crippen molar-refractivity contribution in [1.82, 2.24) is 15.1 Å². The number of nitrogens with one attached hydrogen (secondary N) is 1. The normalized spacial score (nSPS) is 19.6. The molecule has 0 unspecified atom stereocenters. The van der Waals surface area contributed by atoms with Gasteiger partial charge in [0.25, 0.3) is 0 Å². The van der Waals surface area contributed by atoms with Gasteiger partial charge in [-0.15, -0.1) is 0 Å². The third-order valence-corrected chi connectivity index (χ3v) is 7.85. The number of rotatable bonds is 6. The van der Waals surface area contributed by atoms with E-state index < -0.39 is 0 Å². The second-order valence-electron chi connectivity index (χ2n) is 11.1. The maximum Gasteiger partial charge on any atom is 0.239 e. The fourth-order valence-electron chi connectivity index (χ4n) is 5.60. The molecule has 3 aromatic carbocycles. The number of hydrogen-bond acceptors (Lipinski definition) is 8. The van der Waals surface area contributed by atoms with Crippen LogP contribution in [0.25, 0.3) is 0 Å². The maximum atomic E-state index is 13.4. The topological polar surface area (TPSA) is 113 Å². The summed E-state index contributed by atoms with van der Waals surface area (Å²) in [6.07, 6.45) is 0.412. The number of nitrogens with zero attached hydrogens (tertiary/aromatic N) is 3. The smallest absolute Gasteiger partial charge is 0.239 e. The summed E-state index contributed by atoms with van der Waals surface area (Å²) in [6.45, 7) is 2.65. The molecule has 2 aliphatic rings. The van der Waals surface area contributed by atoms with E-state index in [1.54, 1.807) is 25.2 Å². The van der Waals surface area contributed by atoms with Gasteiger partial charge in [0.15, 0.2) is 11.5 Å². The molecule has 2 atom stereocenters. The van der Waals surface area contributed by atoms with E-state index in [1.165, 1.54) is 0 Å². The van der Waals surface area contributed by atoms with E-state index in [1.807, 2.05) is 60.7 Å². The molecule has 1 saturated heterocycles. The van der Waals surface area contributed by atoms with Crippen LogP contribution in [0, 0.1) is 11.3 Å². The van der Waals surface area contributed by atoms with Crippen LogP contribution in [0.15, 0.2) is 66.7 Å². The number of hydrogen-bond donors (Lipinski definition) is 1. The summed E-state index contributed by atoms with van der Waals surface area (Å²) in [7, 11) is 3.16. The van der Waals surface area contributed by atoms with E-state index in [-0.39, 0.29) is 36.9 Å². The van der Waals surface area contributed by atoms with E-state index in [4.69, 9.17) is 18.9 Å². The highest BCUT2D eigenvalue weighted by molar-refractivity contribution is 5.85. The summed E-state index contributed by atoms with van der Waals surface area (Å²) >= 11 is 0. The standard InChI is InChI=1S/C34H38N4O6/c1-41-14-13-38-22-33(39)36-29-20-37(19-26-6-3-5-25(15-26)18-35)21-32(29)43-23-27-7-4-8-28(16-27)44-31-17-24(10-12-34(38)40)9-11-30(31)42-2/h3-9,11,15-17,29,32H,10,12-14,19-23H2,1-2H3,(H,36,39)/t29-,32-/m0/s1. The fourth-order valence-corrected chi connectivity index (χ4v) is 5.60. The Morgan fingerprint density at radius 2 is 1.86 bits per heavy atom. The van der Waals surface area contributed by atoms with Crippen LogP contribution < -0.4 is 14.8 Å². The van der Waals surface area contributed by atoms with Crippen molar-refractivity contribution >= 4 is 11.8 Å². The van der Waals surface area contributed by atoms with Crippen LogP contribution in [-0.2, 0) is 38.6 Å². The molecule has 0 aromatic heterocycles. The lowest BCUT2D eigenvalue weighted by Gasteiger charge is -2.25. The van der Waals surface area contributed by atoms with Gasteiger partial charge in [-0.1, -0.05) is 30.3 Å². The lowest BCUT2D eigenvalue weighted by Crippen LogP contribution is -2.49. The molecule has 1 fully saturated rings. The Morgan fingerprint density at radius 3 is 2.68 bits per heavy atom. The monoisotopic (exact) mass is 598 g/mol. The average Bonchev–Trinajstić information content (AvgIpc) is 3.40. The first-order chi connectivity index (χ1) is 21.4. The third kappa shape index (κ3) is 8.14. The minimum atomic E-state index is -0.290. The maximum absolute atomic E-state index is 13.4. The Hall–Kier alpha value is -4.43. The van der Waals surface area contributed by atoms with Gasteiger partial charge in [0, 0.05) is 39.7 Å². The quantitative estimate of drug-likeness (QED) is 0.458. The van der Waals surface area contributed by atoms with Gasteiger partial charge in [0.05, 0.1) is 50.6 Å². The SMILES string of the molecule is COCCN1CC(=O)N[C@H]2CN(Cc3cccc(C#N)c3)C[C@@H]2OCc2cccc(c2)Oc2cc(ccc2OC)CCC1=O. The van der Waals surface area contributed by atoms with Crippen molar-refractivity contribution in [2.45, 2.75) is 38.1 Å². The van der Waals surface area contributed by atoms with Gasteiger partial charge in [-0.05, 0) is 59.5 Å². The number of methoxy groups -OCH3 is 2. The summed E-state index contributed by atoms with van der Waals surface area (Å²) in [4.78, 5) is 30.4. The molecule has 2 amide bonds. The lowest BCUT2D eigenvalue weighted by molar-refractivity contribution is -0.137. The van der Waals surface area contributed by atoms with Gasteiger partial charge in [0.2, 0.25) is 11.8 Å². The third-order valence-electron chi connectivity index (χ3n) is 7.85. The summed E-state index contributed by atoms with van der Waals surface area (Å²) in [6, 6.07) is 22.8. The Bertz CT molecular complexity index is 1510. The average molecular weight is 599 g/mol. The molecule has 0 spiro atoms. The summed E-state index contributed by atoms with van der Waals surface area (Å²) in [5, 5.41) is 12.5. The second kappa shape index (κ2) is 14.8. The molecule has 2 heterocycles. The Balaban J connectivity index is 1.40. The highest BCUT2D eigenvalue weighted by Gasteiger charge is 2.35. The van der Waals surface area contributed by atoms with Crippen molar-refractivity contribution in [3.8, 4) is 23.3 Å². The molecule has 230 valence electrons. The Morgan fingerprint density at radius 1 is 1.00 bits per heavy atom. The number of ether oxygens (including phenoxy) is 4. The molecule has 0 aliphatic carbocycles. The summed E-state index contributed by atoms with van der Waals surface area (Å²) in [5.74, 6) is 1.40. The molecule has 5 rings (SSSR count). The summed E-state index contributed by atoms with van der Waals surface area (Å²) in [5.41, 5.74) is 3.47. The largest absolute Gasteiger partial charge is 0.493 e. The minimum Gasteiger partial charge on any atom is -0.493 e. The van der Waals surface area contributed by atoms with Crippen LogP contribution in [0.3, 0.4) is 0 Å². The molecular weight excluding hydrogens is 560 g/mol. The van der Waals surface area contributed by atoms with Crippen LogP contribution in [-0.4, -0.2) is 80.8 Å². The number of amides is 2. The molecule has 0 radical (unpaired) electrons. The number of nitriles is 1. The number of fused-ring (bicyclic) bond motifs is 5. The lowest BCUT2D eigenvalue weighted by atomic mass is 10.1. The van der Waals surface area contributed by atoms with Gasteiger partial charge < -0.3 is 29.2 Å². The molecule has 1 N–H and O–H groups in total. The highest BCUT2D eigenvalue weighted by Crippen LogP contribution is 2.33. The van der Waals surface area contributed by atoms with Crippen molar-refractivity contribution in [3.63, 3.8) is 0 Å². The van der Waals surface area contributed by atoms with Gasteiger partial charge in [-0.2, -0.15) is 5.26 Å². The van der Waals surface area contributed by atoms with Crippen LogP contribution >= 0.6 is 0 Å². The molecule has 44 heavy (non-hydrogen) atoms. The van der Waals surface area contributed by atoms with Gasteiger partial charge in [0.1, 0.15) is 5.75 Å². The van der Waals surface area contributed by atoms with E-state index in [9.17, 15) is 14.9 Å². The van der Waals surface area contributed by atoms with Crippen molar-refractivity contribution in [2.75, 3.05) is 47.0 Å². The molecule has 0 saturated carbocycles. The predicted octanol–water partition coefficient (Wildman–Crippen LogP) is 3.67. The van der Waals surface area contributed by atoms with Crippen molar-refractivity contribution in [3.05, 3.63) is 89.0 Å². The Labute approximate surface area is 258 Å². The number of benzene rings is 3. The zero-order chi connectivity index (χ0) is 30.9. The van der Waals surface area contributed by atoms with Gasteiger partial charge in [-0.3, -0.25) is 14.5 Å². The van der Waals surface area contributed by atoms with Gasteiger partial charge >= 0.3 is 0 Å². The first-order valence-electron chi connectivity index (χ1n) is 14.8. The molecule has 2 aliphatic heterocycles. The number of likely N-dealkylation sites (tertiary alicyclic amines) is 1. The molecule has 10 nitrogen and oxygen atoms in total. The van der Waals surface area contributed by atoms with Crippen LogP contribution in [0.2, 0.25) is 0 Å². The zero-order valence-corrected chi connectivity index (χ0v) is 25.2. The van der Waals surface area contributed by atoms with E-state index >= 15 is 0 Å². The first kappa shape index (κ1) is 31.0. The molecule has 3 aromatic rings. The fraction of sp³-hybridized carbons (Fsp3) is 0.382. The number of carbonyl (C=O) groups is 2. The van der Waals surface area contributed by atoms with E-state index in [2.05, 4.69) is 16.3 Å². The van der Waals surface area contributed by atoms with Crippen molar-refractivity contribution in [2.24, 2.45) is 0 Å². The van der Waals surface area contributed by atoms with Crippen LogP contribution in [0.1, 0.15) is 28.7 Å². The van der Waals surface area contributed by atoms with Crippen molar-refractivity contribution in [1.29, 1.82) is 5.26 Å². The molecular formula is C34H38N4O6. The van der Waals surface area contributed by atoms with E-state index in [0.717, 1.165) is 16.7 Å². The van der Waals surface area contributed by atoms with E-state index in [0.29, 0.717) is 68.6 Å². The second-order valence-corrected chi connectivity index (χ2v) is 11.1. The molecule has 4 bridgehead atoms. The molecule has 10 heteroatoms. The minimum absolute atomic E-state index is 0.0748. The van der Waals surface area contributed by atoms with Gasteiger partial charge in [-0.25, -0.2) is 0 Å². The highest BCUT2D eigenvalue weighted by atomic mass is 16.5. The summed E-state index contributed by atoms with van der Waals surface area (Å²) < 4.78 is 23.4. The van der Waals surface area contributed by atoms with Crippen LogP contribution in [0.4, 0.5) is 0 Å². The Kier molecular flexibility index (Phi) is 10.5. The predicted molar refractivity (Wildman–Crippen MR) is 163 cm³/mol. The first-order valence-corrected chi connectivity index (χ1v) is 14.8. The zero-order valence-electron chi connectivity index (χ0n) is 25.2. The number of carbonyl (C=O) groups excluding carboxylic acids is 2.